The Bertz CT molecular complexity index is 994. The Balaban J connectivity index is 1.36. The van der Waals surface area contributed by atoms with Crippen LogP contribution < -0.4 is 10.2 Å². The number of piperazine rings is 1. The van der Waals surface area contributed by atoms with Crippen LogP contribution in [-0.2, 0) is 0 Å². The zero-order valence-electron chi connectivity index (χ0n) is 16.8. The van der Waals surface area contributed by atoms with Crippen molar-refractivity contribution in [1.82, 2.24) is 15.1 Å². The van der Waals surface area contributed by atoms with Crippen molar-refractivity contribution in [2.24, 2.45) is 0 Å². The van der Waals surface area contributed by atoms with Crippen molar-refractivity contribution in [3.8, 4) is 11.3 Å². The molecule has 3 aromatic rings. The second kappa shape index (κ2) is 8.31. The van der Waals surface area contributed by atoms with Gasteiger partial charge in [0.1, 0.15) is 0 Å². The molecule has 2 amide bonds. The maximum Gasteiger partial charge on any atom is 0.321 e. The molecule has 2 aromatic carbocycles. The van der Waals surface area contributed by atoms with Crippen LogP contribution in [0.4, 0.5) is 16.3 Å². The maximum atomic E-state index is 12.5. The van der Waals surface area contributed by atoms with Crippen LogP contribution in [0.5, 0.6) is 0 Å². The Kier molecular flexibility index (Phi) is 5.42. The molecule has 0 aliphatic carbocycles. The molecule has 2 heterocycles. The van der Waals surface area contributed by atoms with Crippen molar-refractivity contribution in [2.75, 3.05) is 36.4 Å². The summed E-state index contributed by atoms with van der Waals surface area (Å²) in [4.78, 5) is 16.5. The third-order valence-electron chi connectivity index (χ3n) is 5.23. The number of rotatable bonds is 3. The number of nitrogens with one attached hydrogen (secondary N) is 1. The summed E-state index contributed by atoms with van der Waals surface area (Å²) in [6.07, 6.45) is 0. The highest BCUT2D eigenvalue weighted by Crippen LogP contribution is 2.22. The first-order chi connectivity index (χ1) is 14.1. The summed E-state index contributed by atoms with van der Waals surface area (Å²) in [6.45, 7) is 6.86. The average molecular weight is 387 g/mol. The predicted molar refractivity (Wildman–Crippen MR) is 116 cm³/mol. The molecule has 0 atom stereocenters. The number of carbonyl (C=O) groups excluding carboxylic acids is 1. The Morgan fingerprint density at radius 3 is 2.38 bits per heavy atom. The van der Waals surface area contributed by atoms with Crippen molar-refractivity contribution in [3.05, 3.63) is 71.8 Å². The number of benzene rings is 2. The number of aromatic nitrogens is 2. The lowest BCUT2D eigenvalue weighted by molar-refractivity contribution is 0.208. The molecule has 6 nitrogen and oxygen atoms in total. The van der Waals surface area contributed by atoms with Gasteiger partial charge in [-0.2, -0.15) is 0 Å². The average Bonchev–Trinajstić information content (AvgIpc) is 2.74. The third kappa shape index (κ3) is 4.37. The number of urea groups is 1. The second-order valence-corrected chi connectivity index (χ2v) is 7.37. The highest BCUT2D eigenvalue weighted by atomic mass is 16.2. The highest BCUT2D eigenvalue weighted by molar-refractivity contribution is 5.89. The second-order valence-electron chi connectivity index (χ2n) is 7.37. The van der Waals surface area contributed by atoms with E-state index in [0.717, 1.165) is 41.4 Å². The number of hydrogen-bond acceptors (Lipinski definition) is 4. The predicted octanol–water partition coefficient (Wildman–Crippen LogP) is 4.11. The van der Waals surface area contributed by atoms with E-state index < -0.39 is 0 Å². The van der Waals surface area contributed by atoms with Crippen molar-refractivity contribution in [2.45, 2.75) is 13.8 Å². The van der Waals surface area contributed by atoms with E-state index in [-0.39, 0.29) is 6.03 Å². The van der Waals surface area contributed by atoms with Gasteiger partial charge in [-0.05, 0) is 49.2 Å². The van der Waals surface area contributed by atoms with Crippen LogP contribution in [0.25, 0.3) is 11.3 Å². The fourth-order valence-electron chi connectivity index (χ4n) is 3.56. The molecule has 1 aliphatic rings. The first-order valence-corrected chi connectivity index (χ1v) is 9.87. The van der Waals surface area contributed by atoms with Crippen molar-refractivity contribution < 1.29 is 4.79 Å². The van der Waals surface area contributed by atoms with Crippen LogP contribution in [-0.4, -0.2) is 47.3 Å². The molecule has 1 aromatic heterocycles. The normalized spacial score (nSPS) is 14.0. The molecule has 4 rings (SSSR count). The van der Waals surface area contributed by atoms with Gasteiger partial charge >= 0.3 is 6.03 Å². The van der Waals surface area contributed by atoms with Gasteiger partial charge in [0.25, 0.3) is 0 Å². The van der Waals surface area contributed by atoms with E-state index in [0.29, 0.717) is 13.1 Å². The molecule has 29 heavy (non-hydrogen) atoms. The molecular weight excluding hydrogens is 362 g/mol. The van der Waals surface area contributed by atoms with Gasteiger partial charge in [-0.25, -0.2) is 4.79 Å². The van der Waals surface area contributed by atoms with Gasteiger partial charge in [0.15, 0.2) is 5.82 Å². The van der Waals surface area contributed by atoms with E-state index in [4.69, 9.17) is 0 Å². The lowest BCUT2D eigenvalue weighted by Gasteiger charge is -2.35. The van der Waals surface area contributed by atoms with E-state index in [2.05, 4.69) is 39.5 Å². The number of amides is 2. The van der Waals surface area contributed by atoms with E-state index in [1.807, 2.05) is 60.4 Å². The zero-order valence-corrected chi connectivity index (χ0v) is 16.8. The molecule has 0 bridgehead atoms. The number of hydrogen-bond donors (Lipinski definition) is 1. The van der Waals surface area contributed by atoms with Crippen molar-refractivity contribution in [3.63, 3.8) is 0 Å². The number of anilines is 2. The molecule has 1 saturated heterocycles. The minimum absolute atomic E-state index is 0.0590. The van der Waals surface area contributed by atoms with E-state index in [1.54, 1.807) is 0 Å². The van der Waals surface area contributed by atoms with Gasteiger partial charge in [-0.15, -0.1) is 10.2 Å². The van der Waals surface area contributed by atoms with Crippen molar-refractivity contribution in [1.29, 1.82) is 0 Å². The molecule has 0 spiro atoms. The summed E-state index contributed by atoms with van der Waals surface area (Å²) in [5.74, 6) is 0.848. The minimum atomic E-state index is -0.0590. The first-order valence-electron chi connectivity index (χ1n) is 9.87. The van der Waals surface area contributed by atoms with Gasteiger partial charge < -0.3 is 15.1 Å². The van der Waals surface area contributed by atoms with E-state index >= 15 is 0 Å². The molecule has 0 unspecified atom stereocenters. The SMILES string of the molecule is Cc1cccc(NC(=O)N2CCN(c3ccc(-c4ccccc4C)nn3)CC2)c1. The Morgan fingerprint density at radius 2 is 1.69 bits per heavy atom. The molecule has 0 saturated carbocycles. The van der Waals surface area contributed by atoms with Gasteiger partial charge in [0, 0.05) is 37.4 Å². The van der Waals surface area contributed by atoms with Crippen LogP contribution in [0.15, 0.2) is 60.7 Å². The largest absolute Gasteiger partial charge is 0.352 e. The van der Waals surface area contributed by atoms with Crippen LogP contribution in [0.3, 0.4) is 0 Å². The Labute approximate surface area is 171 Å². The Hall–Kier alpha value is -3.41. The number of aryl methyl sites for hydroxylation is 2. The maximum absolute atomic E-state index is 12.5. The fourth-order valence-corrected chi connectivity index (χ4v) is 3.56. The van der Waals surface area contributed by atoms with Crippen LogP contribution in [0.2, 0.25) is 0 Å². The molecule has 1 aliphatic heterocycles. The molecule has 6 heteroatoms. The quantitative estimate of drug-likeness (QED) is 0.735. The third-order valence-corrected chi connectivity index (χ3v) is 5.23. The number of carbonyl (C=O) groups is 1. The van der Waals surface area contributed by atoms with Gasteiger partial charge in [0.05, 0.1) is 5.69 Å². The molecule has 1 fully saturated rings. The highest BCUT2D eigenvalue weighted by Gasteiger charge is 2.22. The summed E-state index contributed by atoms with van der Waals surface area (Å²) in [5.41, 5.74) is 5.12. The molecule has 1 N–H and O–H groups in total. The van der Waals surface area contributed by atoms with Gasteiger partial charge in [-0.1, -0.05) is 36.4 Å². The summed E-state index contributed by atoms with van der Waals surface area (Å²) in [6, 6.07) is 20.0. The fraction of sp³-hybridized carbons (Fsp3) is 0.261. The Morgan fingerprint density at radius 1 is 0.897 bits per heavy atom. The summed E-state index contributed by atoms with van der Waals surface area (Å²) >= 11 is 0. The first kappa shape index (κ1) is 18.9. The van der Waals surface area contributed by atoms with Crippen LogP contribution in [0.1, 0.15) is 11.1 Å². The lowest BCUT2D eigenvalue weighted by Crippen LogP contribution is -2.50. The summed E-state index contributed by atoms with van der Waals surface area (Å²) in [7, 11) is 0. The summed E-state index contributed by atoms with van der Waals surface area (Å²) < 4.78 is 0. The van der Waals surface area contributed by atoms with Gasteiger partial charge in [-0.3, -0.25) is 0 Å². The monoisotopic (exact) mass is 387 g/mol. The lowest BCUT2D eigenvalue weighted by atomic mass is 10.1. The molecular formula is C23H25N5O. The topological polar surface area (TPSA) is 61.4 Å². The van der Waals surface area contributed by atoms with E-state index in [1.165, 1.54) is 5.56 Å². The van der Waals surface area contributed by atoms with Crippen LogP contribution in [0, 0.1) is 13.8 Å². The summed E-state index contributed by atoms with van der Waals surface area (Å²) in [5, 5.41) is 11.8. The smallest absolute Gasteiger partial charge is 0.321 e. The minimum Gasteiger partial charge on any atom is -0.352 e. The van der Waals surface area contributed by atoms with Crippen molar-refractivity contribution >= 4 is 17.5 Å². The van der Waals surface area contributed by atoms with E-state index in [9.17, 15) is 4.79 Å². The zero-order chi connectivity index (χ0) is 20.2. The molecule has 0 radical (unpaired) electrons. The van der Waals surface area contributed by atoms with Gasteiger partial charge in [0.2, 0.25) is 0 Å². The van der Waals surface area contributed by atoms with Crippen LogP contribution >= 0.6 is 0 Å². The number of nitrogens with zero attached hydrogens (tertiary/aromatic N) is 4. The standard InChI is InChI=1S/C23H25N5O/c1-17-6-5-8-19(16-17)24-23(29)28-14-12-27(13-15-28)22-11-10-21(25-26-22)20-9-4-3-7-18(20)2/h3-11,16H,12-15H2,1-2H3,(H,24,29). The molecule has 148 valence electrons.